The van der Waals surface area contributed by atoms with Crippen LogP contribution in [0.3, 0.4) is 0 Å². The van der Waals surface area contributed by atoms with E-state index in [-0.39, 0.29) is 11.9 Å². The van der Waals surface area contributed by atoms with Gasteiger partial charge in [-0.15, -0.1) is 6.58 Å². The number of nitrogens with one attached hydrogen (secondary N) is 3. The van der Waals surface area contributed by atoms with Gasteiger partial charge in [0.1, 0.15) is 0 Å². The van der Waals surface area contributed by atoms with Crippen LogP contribution in [-0.2, 0) is 4.79 Å². The van der Waals surface area contributed by atoms with E-state index in [0.717, 1.165) is 5.96 Å². The molecule has 0 unspecified atom stereocenters. The van der Waals surface area contributed by atoms with Gasteiger partial charge in [0.25, 0.3) is 0 Å². The molecule has 0 bridgehead atoms. The normalized spacial score (nSPS) is 16.2. The topological polar surface area (TPSA) is 65.5 Å². The van der Waals surface area contributed by atoms with Gasteiger partial charge in [-0.3, -0.25) is 9.79 Å². The van der Waals surface area contributed by atoms with Crippen molar-refractivity contribution in [2.75, 3.05) is 13.1 Å². The molecule has 0 aromatic carbocycles. The maximum Gasteiger partial charge on any atom is 0.222 e. The number of carbonyl (C=O) groups is 1. The Morgan fingerprint density at radius 2 is 2.10 bits per heavy atom. The lowest BCUT2D eigenvalue weighted by molar-refractivity contribution is -0.121. The zero-order valence-corrected chi connectivity index (χ0v) is 12.7. The molecule has 20 heavy (non-hydrogen) atoms. The molecular formula is C15H28N4O. The molecule has 0 aromatic rings. The van der Waals surface area contributed by atoms with Gasteiger partial charge in [-0.2, -0.15) is 0 Å². The Kier molecular flexibility index (Phi) is 7.77. The Bertz CT molecular complexity index is 333. The van der Waals surface area contributed by atoms with E-state index in [0.29, 0.717) is 25.6 Å². The molecular weight excluding hydrogens is 252 g/mol. The highest BCUT2D eigenvalue weighted by atomic mass is 16.1. The standard InChI is InChI=1S/C15H28N4O/c1-4-10-16-15(19-13-7-5-6-8-13)17-11-9-14(20)18-12(2)3/h4,12-13H,1,5-11H2,2-3H3,(H,18,20)(H2,16,17,19). The average molecular weight is 280 g/mol. The van der Waals surface area contributed by atoms with Gasteiger partial charge in [-0.1, -0.05) is 18.9 Å². The Morgan fingerprint density at radius 3 is 2.70 bits per heavy atom. The Morgan fingerprint density at radius 1 is 1.40 bits per heavy atom. The first-order chi connectivity index (χ1) is 9.61. The van der Waals surface area contributed by atoms with Crippen molar-refractivity contribution >= 4 is 11.9 Å². The van der Waals surface area contributed by atoms with Crippen LogP contribution in [0.4, 0.5) is 0 Å². The predicted octanol–water partition coefficient (Wildman–Crippen LogP) is 1.56. The van der Waals surface area contributed by atoms with Crippen LogP contribution in [0.2, 0.25) is 0 Å². The van der Waals surface area contributed by atoms with Gasteiger partial charge in [0, 0.05) is 25.0 Å². The Hall–Kier alpha value is -1.52. The zero-order valence-electron chi connectivity index (χ0n) is 12.7. The largest absolute Gasteiger partial charge is 0.354 e. The molecule has 0 aliphatic heterocycles. The molecule has 0 saturated heterocycles. The monoisotopic (exact) mass is 280 g/mol. The van der Waals surface area contributed by atoms with Crippen LogP contribution in [-0.4, -0.2) is 37.0 Å². The highest BCUT2D eigenvalue weighted by molar-refractivity contribution is 5.81. The van der Waals surface area contributed by atoms with E-state index in [4.69, 9.17) is 0 Å². The van der Waals surface area contributed by atoms with Crippen molar-refractivity contribution in [1.82, 2.24) is 16.0 Å². The average Bonchev–Trinajstić information content (AvgIpc) is 2.87. The second-order valence-electron chi connectivity index (χ2n) is 5.50. The molecule has 1 aliphatic rings. The molecule has 0 aromatic heterocycles. The summed E-state index contributed by atoms with van der Waals surface area (Å²) >= 11 is 0. The minimum atomic E-state index is 0.0488. The van der Waals surface area contributed by atoms with Crippen molar-refractivity contribution in [3.63, 3.8) is 0 Å². The third-order valence-electron chi connectivity index (χ3n) is 3.17. The lowest BCUT2D eigenvalue weighted by Gasteiger charge is -2.16. The summed E-state index contributed by atoms with van der Waals surface area (Å²) in [6.45, 7) is 8.79. The van der Waals surface area contributed by atoms with E-state index in [1.165, 1.54) is 25.7 Å². The summed E-state index contributed by atoms with van der Waals surface area (Å²) in [6.07, 6.45) is 7.18. The van der Waals surface area contributed by atoms with E-state index in [1.54, 1.807) is 6.08 Å². The Labute approximate surface area is 122 Å². The third-order valence-corrected chi connectivity index (χ3v) is 3.17. The van der Waals surface area contributed by atoms with Gasteiger partial charge >= 0.3 is 0 Å². The molecule has 1 amide bonds. The highest BCUT2D eigenvalue weighted by Gasteiger charge is 2.15. The lowest BCUT2D eigenvalue weighted by atomic mass is 10.2. The number of rotatable bonds is 7. The Balaban J connectivity index is 2.38. The quantitative estimate of drug-likeness (QED) is 0.377. The summed E-state index contributed by atoms with van der Waals surface area (Å²) in [5, 5.41) is 9.49. The number of nitrogens with zero attached hydrogens (tertiary/aromatic N) is 1. The van der Waals surface area contributed by atoms with Gasteiger partial charge < -0.3 is 16.0 Å². The fourth-order valence-electron chi connectivity index (χ4n) is 2.25. The van der Waals surface area contributed by atoms with Gasteiger partial charge in [0.05, 0.1) is 6.54 Å². The van der Waals surface area contributed by atoms with Crippen LogP contribution in [0.1, 0.15) is 46.0 Å². The van der Waals surface area contributed by atoms with Crippen molar-refractivity contribution in [3.8, 4) is 0 Å². The molecule has 0 atom stereocenters. The summed E-state index contributed by atoms with van der Waals surface area (Å²) < 4.78 is 0. The number of aliphatic imine (C=N–C) groups is 1. The summed E-state index contributed by atoms with van der Waals surface area (Å²) in [5.74, 6) is 0.835. The van der Waals surface area contributed by atoms with E-state index >= 15 is 0 Å². The number of carbonyl (C=O) groups excluding carboxylic acids is 1. The second-order valence-corrected chi connectivity index (χ2v) is 5.50. The first kappa shape index (κ1) is 16.5. The van der Waals surface area contributed by atoms with Gasteiger partial charge in [0.15, 0.2) is 5.96 Å². The van der Waals surface area contributed by atoms with E-state index in [2.05, 4.69) is 27.5 Å². The van der Waals surface area contributed by atoms with Gasteiger partial charge in [-0.05, 0) is 26.7 Å². The summed E-state index contributed by atoms with van der Waals surface area (Å²) in [4.78, 5) is 16.0. The zero-order chi connectivity index (χ0) is 14.8. The first-order valence-electron chi connectivity index (χ1n) is 7.57. The van der Waals surface area contributed by atoms with Crippen molar-refractivity contribution in [1.29, 1.82) is 0 Å². The fourth-order valence-corrected chi connectivity index (χ4v) is 2.25. The van der Waals surface area contributed by atoms with Crippen LogP contribution < -0.4 is 16.0 Å². The van der Waals surface area contributed by atoms with Crippen LogP contribution in [0.25, 0.3) is 0 Å². The molecule has 1 rings (SSSR count). The summed E-state index contributed by atoms with van der Waals surface area (Å²) in [5.41, 5.74) is 0. The van der Waals surface area contributed by atoms with Crippen LogP contribution in [0.5, 0.6) is 0 Å². The fraction of sp³-hybridized carbons (Fsp3) is 0.733. The smallest absolute Gasteiger partial charge is 0.222 e. The van der Waals surface area contributed by atoms with Crippen molar-refractivity contribution in [3.05, 3.63) is 12.7 Å². The number of guanidine groups is 1. The maximum atomic E-state index is 11.6. The van der Waals surface area contributed by atoms with Crippen LogP contribution in [0, 0.1) is 0 Å². The molecule has 0 radical (unpaired) electrons. The number of amides is 1. The van der Waals surface area contributed by atoms with Gasteiger partial charge in [0.2, 0.25) is 5.91 Å². The summed E-state index contributed by atoms with van der Waals surface area (Å²) in [6, 6.07) is 0.692. The second kappa shape index (κ2) is 9.39. The molecule has 5 heteroatoms. The minimum Gasteiger partial charge on any atom is -0.354 e. The van der Waals surface area contributed by atoms with Crippen molar-refractivity contribution < 1.29 is 4.79 Å². The van der Waals surface area contributed by atoms with Crippen molar-refractivity contribution in [2.45, 2.75) is 58.0 Å². The molecule has 1 saturated carbocycles. The minimum absolute atomic E-state index is 0.0488. The van der Waals surface area contributed by atoms with Gasteiger partial charge in [-0.25, -0.2) is 0 Å². The van der Waals surface area contributed by atoms with E-state index in [9.17, 15) is 4.79 Å². The predicted molar refractivity (Wildman–Crippen MR) is 83.8 cm³/mol. The number of hydrogen-bond donors (Lipinski definition) is 3. The molecule has 3 N–H and O–H groups in total. The summed E-state index contributed by atoms with van der Waals surface area (Å²) in [7, 11) is 0. The first-order valence-corrected chi connectivity index (χ1v) is 7.57. The van der Waals surface area contributed by atoms with Crippen molar-refractivity contribution in [2.24, 2.45) is 4.99 Å². The molecule has 5 nitrogen and oxygen atoms in total. The molecule has 0 heterocycles. The van der Waals surface area contributed by atoms with Crippen LogP contribution >= 0.6 is 0 Å². The SMILES string of the molecule is C=CCNC(=NCCC(=O)NC(C)C)NC1CCCC1. The third kappa shape index (κ3) is 7.16. The van der Waals surface area contributed by atoms with Crippen LogP contribution in [0.15, 0.2) is 17.6 Å². The van der Waals surface area contributed by atoms with E-state index in [1.807, 2.05) is 13.8 Å². The molecule has 1 aliphatic carbocycles. The molecule has 114 valence electrons. The maximum absolute atomic E-state index is 11.6. The lowest BCUT2D eigenvalue weighted by Crippen LogP contribution is -2.42. The van der Waals surface area contributed by atoms with E-state index < -0.39 is 0 Å². The molecule has 0 spiro atoms. The number of hydrogen-bond acceptors (Lipinski definition) is 2. The highest BCUT2D eigenvalue weighted by Crippen LogP contribution is 2.17. The molecule has 1 fully saturated rings.